The van der Waals surface area contributed by atoms with Crippen molar-refractivity contribution >= 4 is 21.7 Å². The van der Waals surface area contributed by atoms with E-state index in [1.165, 1.54) is 18.2 Å². The van der Waals surface area contributed by atoms with Gasteiger partial charge in [-0.3, -0.25) is 9.71 Å². The molecule has 2 N–H and O–H groups in total. The number of anilines is 1. The number of benzene rings is 2. The van der Waals surface area contributed by atoms with E-state index in [0.717, 1.165) is 11.8 Å². The van der Waals surface area contributed by atoms with Crippen LogP contribution in [-0.4, -0.2) is 24.5 Å². The summed E-state index contributed by atoms with van der Waals surface area (Å²) in [4.78, 5) is 15.1. The van der Waals surface area contributed by atoms with Crippen molar-refractivity contribution in [2.24, 2.45) is 0 Å². The first-order valence-corrected chi connectivity index (χ1v) is 9.41. The summed E-state index contributed by atoms with van der Waals surface area (Å²) in [7, 11) is -3.93. The molecule has 0 radical (unpaired) electrons. The summed E-state index contributed by atoms with van der Waals surface area (Å²) in [5, 5.41) is 9.02. The molecule has 138 valence electrons. The fraction of sp³-hybridized carbons (Fsp3) is 0.0526. The van der Waals surface area contributed by atoms with Crippen LogP contribution in [0.25, 0.3) is 0 Å². The molecule has 0 aliphatic carbocycles. The van der Waals surface area contributed by atoms with E-state index >= 15 is 0 Å². The summed E-state index contributed by atoms with van der Waals surface area (Å²) < 4.78 is 33.1. The summed E-state index contributed by atoms with van der Waals surface area (Å²) in [6, 6.07) is 17.1. The smallest absolute Gasteiger partial charge is 0.335 e. The second-order valence-electron chi connectivity index (χ2n) is 5.58. The van der Waals surface area contributed by atoms with Gasteiger partial charge < -0.3 is 9.84 Å². The number of aromatic carboxylic acids is 1. The van der Waals surface area contributed by atoms with Crippen molar-refractivity contribution in [2.45, 2.75) is 11.5 Å². The molecule has 27 heavy (non-hydrogen) atoms. The van der Waals surface area contributed by atoms with Gasteiger partial charge in [0.2, 0.25) is 0 Å². The SMILES string of the molecule is O=C(O)c1cccc(S(=O)(=O)Nc2cccc(OCc3ccccn3)c2)c1. The number of aromatic nitrogens is 1. The van der Waals surface area contributed by atoms with Gasteiger partial charge in [0.25, 0.3) is 10.0 Å². The fourth-order valence-corrected chi connectivity index (χ4v) is 3.40. The molecule has 0 unspecified atom stereocenters. The van der Waals surface area contributed by atoms with Crippen LogP contribution >= 0.6 is 0 Å². The lowest BCUT2D eigenvalue weighted by molar-refractivity contribution is 0.0696. The van der Waals surface area contributed by atoms with E-state index in [9.17, 15) is 13.2 Å². The second-order valence-corrected chi connectivity index (χ2v) is 7.26. The Morgan fingerprint density at radius 2 is 1.85 bits per heavy atom. The van der Waals surface area contributed by atoms with Gasteiger partial charge in [-0.1, -0.05) is 18.2 Å². The minimum Gasteiger partial charge on any atom is -0.487 e. The standard InChI is InChI=1S/C19H16N2O5S/c22-19(23)14-5-3-9-18(11-14)27(24,25)21-15-7-4-8-17(12-15)26-13-16-6-1-2-10-20-16/h1-12,21H,13H2,(H,22,23). The van der Waals surface area contributed by atoms with Crippen molar-refractivity contribution in [3.8, 4) is 5.75 Å². The molecule has 0 spiro atoms. The maximum atomic E-state index is 12.5. The number of ether oxygens (including phenoxy) is 1. The van der Waals surface area contributed by atoms with Crippen LogP contribution in [0, 0.1) is 0 Å². The molecule has 2 aromatic carbocycles. The van der Waals surface area contributed by atoms with Gasteiger partial charge in [0.1, 0.15) is 12.4 Å². The van der Waals surface area contributed by atoms with Crippen molar-refractivity contribution in [1.82, 2.24) is 4.98 Å². The van der Waals surface area contributed by atoms with Crippen LogP contribution in [-0.2, 0) is 16.6 Å². The summed E-state index contributed by atoms with van der Waals surface area (Å²) in [6.07, 6.45) is 1.66. The number of carboxylic acids is 1. The van der Waals surface area contributed by atoms with E-state index in [2.05, 4.69) is 9.71 Å². The maximum absolute atomic E-state index is 12.5. The molecule has 0 bridgehead atoms. The number of hydrogen-bond acceptors (Lipinski definition) is 5. The average molecular weight is 384 g/mol. The molecule has 1 heterocycles. The first kappa shape index (κ1) is 18.4. The molecule has 0 amide bonds. The van der Waals surface area contributed by atoms with Crippen LogP contribution in [0.1, 0.15) is 16.1 Å². The zero-order valence-corrected chi connectivity index (χ0v) is 14.9. The molecule has 1 aromatic heterocycles. The van der Waals surface area contributed by atoms with E-state index < -0.39 is 16.0 Å². The van der Waals surface area contributed by atoms with E-state index in [4.69, 9.17) is 9.84 Å². The number of nitrogens with zero attached hydrogens (tertiary/aromatic N) is 1. The highest BCUT2D eigenvalue weighted by Gasteiger charge is 2.16. The predicted octanol–water partition coefficient (Wildman–Crippen LogP) is 3.16. The molecular formula is C19H16N2O5S. The maximum Gasteiger partial charge on any atom is 0.335 e. The zero-order valence-electron chi connectivity index (χ0n) is 14.1. The number of rotatable bonds is 7. The molecule has 0 saturated carbocycles. The van der Waals surface area contributed by atoms with Crippen molar-refractivity contribution in [2.75, 3.05) is 4.72 Å². The lowest BCUT2D eigenvalue weighted by atomic mass is 10.2. The number of sulfonamides is 1. The molecule has 3 aromatic rings. The minimum atomic E-state index is -3.93. The molecule has 0 atom stereocenters. The normalized spacial score (nSPS) is 11.0. The third-order valence-electron chi connectivity index (χ3n) is 3.59. The Morgan fingerprint density at radius 3 is 2.59 bits per heavy atom. The summed E-state index contributed by atoms with van der Waals surface area (Å²) in [5.74, 6) is -0.725. The van der Waals surface area contributed by atoms with Crippen LogP contribution in [0.2, 0.25) is 0 Å². The van der Waals surface area contributed by atoms with Gasteiger partial charge >= 0.3 is 5.97 Å². The number of carboxylic acid groups (broad SMARTS) is 1. The number of carbonyl (C=O) groups is 1. The molecule has 7 nitrogen and oxygen atoms in total. The molecule has 0 aliphatic heterocycles. The van der Waals surface area contributed by atoms with E-state index in [0.29, 0.717) is 11.4 Å². The Morgan fingerprint density at radius 1 is 1.04 bits per heavy atom. The second kappa shape index (κ2) is 7.88. The molecule has 3 rings (SSSR count). The largest absolute Gasteiger partial charge is 0.487 e. The fourth-order valence-electron chi connectivity index (χ4n) is 2.30. The minimum absolute atomic E-state index is 0.106. The molecule has 0 saturated heterocycles. The summed E-state index contributed by atoms with van der Waals surface area (Å²) in [5.41, 5.74) is 0.938. The van der Waals surface area contributed by atoms with Crippen molar-refractivity contribution in [3.05, 3.63) is 84.2 Å². The molecular weight excluding hydrogens is 368 g/mol. The highest BCUT2D eigenvalue weighted by atomic mass is 32.2. The van der Waals surface area contributed by atoms with E-state index in [1.807, 2.05) is 12.1 Å². The Hall–Kier alpha value is -3.39. The van der Waals surface area contributed by atoms with Crippen LogP contribution < -0.4 is 9.46 Å². The van der Waals surface area contributed by atoms with Gasteiger partial charge in [0.05, 0.1) is 21.8 Å². The Bertz CT molecular complexity index is 1050. The van der Waals surface area contributed by atoms with Crippen LogP contribution in [0.3, 0.4) is 0 Å². The van der Waals surface area contributed by atoms with Crippen LogP contribution in [0.4, 0.5) is 5.69 Å². The third kappa shape index (κ3) is 4.83. The number of hydrogen-bond donors (Lipinski definition) is 2. The average Bonchev–Trinajstić information content (AvgIpc) is 2.67. The van der Waals surface area contributed by atoms with Crippen molar-refractivity contribution in [3.63, 3.8) is 0 Å². The van der Waals surface area contributed by atoms with Crippen molar-refractivity contribution in [1.29, 1.82) is 0 Å². The van der Waals surface area contributed by atoms with E-state index in [1.54, 1.807) is 36.5 Å². The van der Waals surface area contributed by atoms with Gasteiger partial charge in [0.15, 0.2) is 0 Å². The molecule has 0 aliphatic rings. The van der Waals surface area contributed by atoms with E-state index in [-0.39, 0.29) is 17.1 Å². The van der Waals surface area contributed by atoms with Gasteiger partial charge in [-0.25, -0.2) is 13.2 Å². The van der Waals surface area contributed by atoms with Crippen LogP contribution in [0.5, 0.6) is 5.75 Å². The Labute approximate surface area is 156 Å². The van der Waals surface area contributed by atoms with Gasteiger partial charge in [0, 0.05) is 12.3 Å². The lowest BCUT2D eigenvalue weighted by Gasteiger charge is -2.11. The van der Waals surface area contributed by atoms with Gasteiger partial charge in [-0.15, -0.1) is 0 Å². The highest BCUT2D eigenvalue weighted by molar-refractivity contribution is 7.92. The summed E-state index contributed by atoms with van der Waals surface area (Å²) >= 11 is 0. The molecule has 8 heteroatoms. The Balaban J connectivity index is 1.75. The summed E-state index contributed by atoms with van der Waals surface area (Å²) in [6.45, 7) is 0.248. The monoisotopic (exact) mass is 384 g/mol. The molecule has 0 fully saturated rings. The van der Waals surface area contributed by atoms with Crippen molar-refractivity contribution < 1.29 is 23.1 Å². The zero-order chi connectivity index (χ0) is 19.3. The number of nitrogens with one attached hydrogen (secondary N) is 1. The first-order chi connectivity index (χ1) is 12.9. The first-order valence-electron chi connectivity index (χ1n) is 7.93. The highest BCUT2D eigenvalue weighted by Crippen LogP contribution is 2.22. The lowest BCUT2D eigenvalue weighted by Crippen LogP contribution is -2.13. The number of pyridine rings is 1. The quantitative estimate of drug-likeness (QED) is 0.648. The third-order valence-corrected chi connectivity index (χ3v) is 4.97. The Kier molecular flexibility index (Phi) is 5.37. The topological polar surface area (TPSA) is 106 Å². The van der Waals surface area contributed by atoms with Crippen LogP contribution in [0.15, 0.2) is 77.8 Å². The predicted molar refractivity (Wildman–Crippen MR) is 99.2 cm³/mol. The van der Waals surface area contributed by atoms with Gasteiger partial charge in [-0.2, -0.15) is 0 Å². The van der Waals surface area contributed by atoms with Gasteiger partial charge in [-0.05, 0) is 42.5 Å².